The molecular formula is C17H18N2O3. The third kappa shape index (κ3) is 3.85. The van der Waals surface area contributed by atoms with Crippen LogP contribution in [0.2, 0.25) is 0 Å². The number of hydrogen-bond donors (Lipinski definition) is 1. The van der Waals surface area contributed by atoms with Crippen molar-refractivity contribution in [2.24, 2.45) is 0 Å². The summed E-state index contributed by atoms with van der Waals surface area (Å²) in [7, 11) is 3.14. The van der Waals surface area contributed by atoms with Crippen molar-refractivity contribution in [3.63, 3.8) is 0 Å². The van der Waals surface area contributed by atoms with Crippen LogP contribution < -0.4 is 10.2 Å². The number of anilines is 2. The summed E-state index contributed by atoms with van der Waals surface area (Å²) >= 11 is 0. The van der Waals surface area contributed by atoms with Gasteiger partial charge >= 0.3 is 5.97 Å². The molecule has 0 saturated carbocycles. The van der Waals surface area contributed by atoms with Gasteiger partial charge in [-0.25, -0.2) is 4.79 Å². The number of benzene rings is 2. The van der Waals surface area contributed by atoms with Crippen LogP contribution >= 0.6 is 0 Å². The fourth-order valence-electron chi connectivity index (χ4n) is 2.06. The normalized spacial score (nSPS) is 9.91. The average molecular weight is 298 g/mol. The van der Waals surface area contributed by atoms with Gasteiger partial charge in [-0.1, -0.05) is 30.3 Å². The Morgan fingerprint density at radius 3 is 2.36 bits per heavy atom. The summed E-state index contributed by atoms with van der Waals surface area (Å²) in [6.07, 6.45) is 0. The third-order valence-electron chi connectivity index (χ3n) is 3.18. The Morgan fingerprint density at radius 1 is 1.05 bits per heavy atom. The summed E-state index contributed by atoms with van der Waals surface area (Å²) in [5, 5.41) is 2.74. The number of ether oxygens (including phenoxy) is 1. The molecule has 0 aromatic heterocycles. The van der Waals surface area contributed by atoms with Crippen molar-refractivity contribution in [1.29, 1.82) is 0 Å². The molecule has 114 valence electrons. The minimum absolute atomic E-state index is 0.180. The number of methoxy groups -OCH3 is 1. The van der Waals surface area contributed by atoms with Crippen LogP contribution in [0.3, 0.4) is 0 Å². The van der Waals surface area contributed by atoms with E-state index < -0.39 is 5.97 Å². The number of carbonyl (C=O) groups excluding carboxylic acids is 2. The quantitative estimate of drug-likeness (QED) is 0.862. The van der Waals surface area contributed by atoms with Crippen LogP contribution in [0.25, 0.3) is 0 Å². The molecular weight excluding hydrogens is 280 g/mol. The zero-order chi connectivity index (χ0) is 15.9. The highest BCUT2D eigenvalue weighted by molar-refractivity contribution is 6.02. The topological polar surface area (TPSA) is 58.6 Å². The van der Waals surface area contributed by atoms with Crippen LogP contribution in [-0.2, 0) is 9.53 Å². The van der Waals surface area contributed by atoms with Gasteiger partial charge in [0, 0.05) is 12.7 Å². The van der Waals surface area contributed by atoms with E-state index in [-0.39, 0.29) is 12.5 Å². The first-order valence-electron chi connectivity index (χ1n) is 6.85. The van der Waals surface area contributed by atoms with E-state index in [1.54, 1.807) is 24.3 Å². The number of hydrogen-bond acceptors (Lipinski definition) is 4. The van der Waals surface area contributed by atoms with E-state index in [4.69, 9.17) is 4.74 Å². The van der Waals surface area contributed by atoms with Gasteiger partial charge in [0.25, 0.3) is 0 Å². The minimum Gasteiger partial charge on any atom is -0.465 e. The van der Waals surface area contributed by atoms with Crippen molar-refractivity contribution in [1.82, 2.24) is 0 Å². The molecule has 0 aliphatic heterocycles. The molecule has 0 fully saturated rings. The number of likely N-dealkylation sites (N-methyl/N-ethyl adjacent to an activating group) is 1. The van der Waals surface area contributed by atoms with Gasteiger partial charge in [0.2, 0.25) is 5.91 Å². The van der Waals surface area contributed by atoms with Crippen molar-refractivity contribution in [2.75, 3.05) is 30.9 Å². The second kappa shape index (κ2) is 7.26. The van der Waals surface area contributed by atoms with Gasteiger partial charge in [-0.2, -0.15) is 0 Å². The van der Waals surface area contributed by atoms with Crippen LogP contribution in [0.4, 0.5) is 11.4 Å². The zero-order valence-corrected chi connectivity index (χ0v) is 12.6. The number of nitrogens with one attached hydrogen (secondary N) is 1. The van der Waals surface area contributed by atoms with Crippen molar-refractivity contribution in [3.8, 4) is 0 Å². The predicted molar refractivity (Wildman–Crippen MR) is 86.1 cm³/mol. The summed E-state index contributed by atoms with van der Waals surface area (Å²) in [6, 6.07) is 16.4. The molecule has 1 N–H and O–H groups in total. The lowest BCUT2D eigenvalue weighted by Gasteiger charge is -2.19. The molecule has 0 saturated heterocycles. The monoisotopic (exact) mass is 298 g/mol. The summed E-state index contributed by atoms with van der Waals surface area (Å²) in [4.78, 5) is 25.7. The molecule has 2 aromatic carbocycles. The number of esters is 1. The fourth-order valence-corrected chi connectivity index (χ4v) is 2.06. The molecule has 0 atom stereocenters. The van der Waals surface area contributed by atoms with E-state index in [0.717, 1.165) is 5.69 Å². The van der Waals surface area contributed by atoms with Gasteiger partial charge in [-0.15, -0.1) is 0 Å². The van der Waals surface area contributed by atoms with Gasteiger partial charge in [-0.05, 0) is 24.3 Å². The molecule has 5 heteroatoms. The predicted octanol–water partition coefficient (Wildman–Crippen LogP) is 2.55. The second-order valence-corrected chi connectivity index (χ2v) is 4.78. The maximum atomic E-state index is 12.2. The molecule has 2 rings (SSSR count). The Morgan fingerprint density at radius 2 is 1.68 bits per heavy atom. The van der Waals surface area contributed by atoms with Gasteiger partial charge < -0.3 is 15.0 Å². The van der Waals surface area contributed by atoms with E-state index in [0.29, 0.717) is 11.3 Å². The lowest BCUT2D eigenvalue weighted by Crippen LogP contribution is -2.30. The highest BCUT2D eigenvalue weighted by Gasteiger charge is 2.14. The first-order chi connectivity index (χ1) is 10.6. The largest absolute Gasteiger partial charge is 0.465 e. The summed E-state index contributed by atoms with van der Waals surface area (Å²) in [5.74, 6) is -0.685. The van der Waals surface area contributed by atoms with Crippen LogP contribution in [0.5, 0.6) is 0 Å². The lowest BCUT2D eigenvalue weighted by molar-refractivity contribution is -0.114. The number of amides is 1. The van der Waals surface area contributed by atoms with Gasteiger partial charge in [0.1, 0.15) is 0 Å². The Balaban J connectivity index is 2.05. The van der Waals surface area contributed by atoms with Crippen molar-refractivity contribution >= 4 is 23.3 Å². The van der Waals surface area contributed by atoms with Gasteiger partial charge in [0.05, 0.1) is 24.9 Å². The molecule has 5 nitrogen and oxygen atoms in total. The Hall–Kier alpha value is -2.82. The van der Waals surface area contributed by atoms with Crippen molar-refractivity contribution in [3.05, 3.63) is 60.2 Å². The highest BCUT2D eigenvalue weighted by Crippen LogP contribution is 2.16. The number of para-hydroxylation sites is 2. The molecule has 2 aromatic rings. The van der Waals surface area contributed by atoms with E-state index >= 15 is 0 Å². The molecule has 22 heavy (non-hydrogen) atoms. The van der Waals surface area contributed by atoms with E-state index in [1.165, 1.54) is 7.11 Å². The molecule has 0 radical (unpaired) electrons. The van der Waals surface area contributed by atoms with Crippen LogP contribution in [-0.4, -0.2) is 32.6 Å². The van der Waals surface area contributed by atoms with E-state index in [1.807, 2.05) is 42.3 Å². The standard InChI is InChI=1S/C17H18N2O3/c1-19(13-8-4-3-5-9-13)12-16(20)18-15-11-7-6-10-14(15)17(21)22-2/h3-11H,12H2,1-2H3,(H,18,20). The van der Waals surface area contributed by atoms with E-state index in [9.17, 15) is 9.59 Å². The Bertz CT molecular complexity index is 656. The molecule has 0 aliphatic rings. The van der Waals surface area contributed by atoms with Gasteiger partial charge in [0.15, 0.2) is 0 Å². The molecule has 0 aliphatic carbocycles. The van der Waals surface area contributed by atoms with E-state index in [2.05, 4.69) is 5.32 Å². The fraction of sp³-hybridized carbons (Fsp3) is 0.176. The zero-order valence-electron chi connectivity index (χ0n) is 12.6. The maximum absolute atomic E-state index is 12.2. The van der Waals surface area contributed by atoms with Crippen molar-refractivity contribution in [2.45, 2.75) is 0 Å². The first-order valence-corrected chi connectivity index (χ1v) is 6.85. The SMILES string of the molecule is COC(=O)c1ccccc1NC(=O)CN(C)c1ccccc1. The highest BCUT2D eigenvalue weighted by atomic mass is 16.5. The number of carbonyl (C=O) groups is 2. The smallest absolute Gasteiger partial charge is 0.339 e. The summed E-state index contributed by atoms with van der Waals surface area (Å²) in [6.45, 7) is 0.180. The molecule has 1 amide bonds. The molecule has 0 bridgehead atoms. The average Bonchev–Trinajstić information content (AvgIpc) is 2.55. The molecule has 0 spiro atoms. The van der Waals surface area contributed by atoms with Gasteiger partial charge in [-0.3, -0.25) is 4.79 Å². The summed E-state index contributed by atoms with van der Waals surface area (Å²) in [5.41, 5.74) is 1.72. The second-order valence-electron chi connectivity index (χ2n) is 4.78. The maximum Gasteiger partial charge on any atom is 0.339 e. The van der Waals surface area contributed by atoms with Crippen LogP contribution in [0, 0.1) is 0 Å². The minimum atomic E-state index is -0.479. The lowest BCUT2D eigenvalue weighted by atomic mass is 10.2. The van der Waals surface area contributed by atoms with Crippen LogP contribution in [0.15, 0.2) is 54.6 Å². The Kier molecular flexibility index (Phi) is 5.14. The number of rotatable bonds is 5. The summed E-state index contributed by atoms with van der Waals surface area (Å²) < 4.78 is 4.71. The third-order valence-corrected chi connectivity index (χ3v) is 3.18. The first kappa shape index (κ1) is 15.6. The van der Waals surface area contributed by atoms with Crippen molar-refractivity contribution < 1.29 is 14.3 Å². The molecule has 0 heterocycles. The number of nitrogens with zero attached hydrogens (tertiary/aromatic N) is 1. The van der Waals surface area contributed by atoms with Crippen LogP contribution in [0.1, 0.15) is 10.4 Å². The Labute approximate surface area is 129 Å². The molecule has 0 unspecified atom stereocenters.